The van der Waals surface area contributed by atoms with Crippen molar-refractivity contribution in [3.05, 3.63) is 41.6 Å². The van der Waals surface area contributed by atoms with Crippen LogP contribution in [0.15, 0.2) is 30.3 Å². The van der Waals surface area contributed by atoms with Crippen molar-refractivity contribution in [1.82, 2.24) is 10.3 Å². The van der Waals surface area contributed by atoms with Crippen molar-refractivity contribution in [3.63, 3.8) is 0 Å². The van der Waals surface area contributed by atoms with Crippen LogP contribution in [0.2, 0.25) is 0 Å². The molecule has 18 heavy (non-hydrogen) atoms. The van der Waals surface area contributed by atoms with E-state index in [0.29, 0.717) is 11.9 Å². The molecule has 2 nitrogen and oxygen atoms in total. The maximum Gasteiger partial charge on any atom is 0.0708 e. The highest BCUT2D eigenvalue weighted by atomic mass is 35.5. The second-order valence-corrected chi connectivity index (χ2v) is 5.08. The van der Waals surface area contributed by atoms with Crippen LogP contribution in [0.5, 0.6) is 0 Å². The van der Waals surface area contributed by atoms with Crippen LogP contribution in [0.1, 0.15) is 24.6 Å². The summed E-state index contributed by atoms with van der Waals surface area (Å²) in [5.74, 6) is 0.699. The van der Waals surface area contributed by atoms with Gasteiger partial charge in [-0.25, -0.2) is 0 Å². The van der Waals surface area contributed by atoms with E-state index in [0.717, 1.165) is 24.2 Å². The molecule has 0 aliphatic heterocycles. The normalized spacial score (nSPS) is 12.8. The lowest BCUT2D eigenvalue weighted by Gasteiger charge is -2.14. The van der Waals surface area contributed by atoms with E-state index in [1.54, 1.807) is 0 Å². The molecule has 0 saturated heterocycles. The van der Waals surface area contributed by atoms with Gasteiger partial charge < -0.3 is 5.32 Å². The lowest BCUT2D eigenvalue weighted by Crippen LogP contribution is -2.25. The third-order valence-electron chi connectivity index (χ3n) is 3.11. The van der Waals surface area contributed by atoms with Crippen molar-refractivity contribution in [1.29, 1.82) is 0 Å². The molecule has 1 aromatic heterocycles. The molecule has 2 rings (SSSR count). The molecule has 96 valence electrons. The van der Waals surface area contributed by atoms with Gasteiger partial charge >= 0.3 is 0 Å². The molecule has 1 atom stereocenters. The van der Waals surface area contributed by atoms with Crippen LogP contribution in [0.3, 0.4) is 0 Å². The van der Waals surface area contributed by atoms with E-state index in [2.05, 4.69) is 41.5 Å². The number of hydrogen-bond donors (Lipinski definition) is 1. The third-order valence-corrected chi connectivity index (χ3v) is 3.33. The van der Waals surface area contributed by atoms with E-state index < -0.39 is 0 Å². The number of alkyl halides is 1. The van der Waals surface area contributed by atoms with Crippen molar-refractivity contribution >= 4 is 22.5 Å². The Labute approximate surface area is 113 Å². The SMILES string of the molecule is Cc1cc(CNC(C)CCCl)c2ccccc2n1. The van der Waals surface area contributed by atoms with Crippen LogP contribution in [0.25, 0.3) is 10.9 Å². The maximum atomic E-state index is 5.75. The molecule has 0 amide bonds. The Morgan fingerprint density at radius 1 is 1.33 bits per heavy atom. The van der Waals surface area contributed by atoms with Gasteiger partial charge in [0.05, 0.1) is 5.52 Å². The molecule has 0 aliphatic carbocycles. The van der Waals surface area contributed by atoms with Gasteiger partial charge in [-0.1, -0.05) is 18.2 Å². The van der Waals surface area contributed by atoms with Crippen LogP contribution in [-0.2, 0) is 6.54 Å². The number of fused-ring (bicyclic) bond motifs is 1. The number of nitrogens with one attached hydrogen (secondary N) is 1. The van der Waals surface area contributed by atoms with Gasteiger partial charge in [0.1, 0.15) is 0 Å². The van der Waals surface area contributed by atoms with Crippen LogP contribution in [0, 0.1) is 6.92 Å². The average molecular weight is 263 g/mol. The first-order chi connectivity index (χ1) is 8.70. The van der Waals surface area contributed by atoms with Crippen LogP contribution in [-0.4, -0.2) is 16.9 Å². The van der Waals surface area contributed by atoms with E-state index in [1.165, 1.54) is 10.9 Å². The highest BCUT2D eigenvalue weighted by Crippen LogP contribution is 2.18. The van der Waals surface area contributed by atoms with Gasteiger partial charge in [0.25, 0.3) is 0 Å². The van der Waals surface area contributed by atoms with Crippen LogP contribution >= 0.6 is 11.6 Å². The predicted octanol–water partition coefficient (Wildman–Crippen LogP) is 3.65. The number of benzene rings is 1. The summed E-state index contributed by atoms with van der Waals surface area (Å²) in [4.78, 5) is 4.55. The van der Waals surface area contributed by atoms with Gasteiger partial charge in [-0.05, 0) is 38.0 Å². The number of aryl methyl sites for hydroxylation is 1. The van der Waals surface area contributed by atoms with Gasteiger partial charge in [-0.2, -0.15) is 0 Å². The minimum Gasteiger partial charge on any atom is -0.310 e. The summed E-state index contributed by atoms with van der Waals surface area (Å²) < 4.78 is 0. The number of hydrogen-bond acceptors (Lipinski definition) is 2. The Morgan fingerprint density at radius 2 is 2.11 bits per heavy atom. The summed E-state index contributed by atoms with van der Waals surface area (Å²) >= 11 is 5.75. The first kappa shape index (κ1) is 13.3. The highest BCUT2D eigenvalue weighted by molar-refractivity contribution is 6.17. The molecular weight excluding hydrogens is 244 g/mol. The molecule has 2 aromatic rings. The van der Waals surface area contributed by atoms with Crippen molar-refractivity contribution < 1.29 is 0 Å². The minimum absolute atomic E-state index is 0.440. The molecule has 0 saturated carbocycles. The van der Waals surface area contributed by atoms with E-state index >= 15 is 0 Å². The molecule has 0 spiro atoms. The molecule has 0 bridgehead atoms. The van der Waals surface area contributed by atoms with Crippen LogP contribution in [0.4, 0.5) is 0 Å². The van der Waals surface area contributed by atoms with E-state index in [1.807, 2.05) is 13.0 Å². The summed E-state index contributed by atoms with van der Waals surface area (Å²) in [6.45, 7) is 5.07. The fourth-order valence-corrected chi connectivity index (χ4v) is 2.42. The topological polar surface area (TPSA) is 24.9 Å². The number of nitrogens with zero attached hydrogens (tertiary/aromatic N) is 1. The monoisotopic (exact) mass is 262 g/mol. The Kier molecular flexibility index (Phi) is 4.56. The second-order valence-electron chi connectivity index (χ2n) is 4.70. The predicted molar refractivity (Wildman–Crippen MR) is 78.1 cm³/mol. The summed E-state index contributed by atoms with van der Waals surface area (Å²) in [7, 11) is 0. The van der Waals surface area contributed by atoms with Gasteiger partial charge in [0, 0.05) is 29.5 Å². The zero-order valence-electron chi connectivity index (χ0n) is 10.9. The highest BCUT2D eigenvalue weighted by Gasteiger charge is 2.05. The standard InChI is InChI=1S/C15H19ClN2/c1-11(7-8-16)17-10-13-9-12(2)18-15-6-4-3-5-14(13)15/h3-6,9,11,17H,7-8,10H2,1-2H3. The smallest absolute Gasteiger partial charge is 0.0708 e. The number of aromatic nitrogens is 1. The second kappa shape index (κ2) is 6.17. The van der Waals surface area contributed by atoms with Crippen molar-refractivity contribution in [3.8, 4) is 0 Å². The van der Waals surface area contributed by atoms with E-state index in [9.17, 15) is 0 Å². The van der Waals surface area contributed by atoms with E-state index in [4.69, 9.17) is 11.6 Å². The fraction of sp³-hybridized carbons (Fsp3) is 0.400. The van der Waals surface area contributed by atoms with Crippen molar-refractivity contribution in [2.24, 2.45) is 0 Å². The van der Waals surface area contributed by atoms with Gasteiger partial charge in [-0.15, -0.1) is 11.6 Å². The molecule has 0 radical (unpaired) electrons. The maximum absolute atomic E-state index is 5.75. The minimum atomic E-state index is 0.440. The third kappa shape index (κ3) is 3.21. The van der Waals surface area contributed by atoms with Gasteiger partial charge in [-0.3, -0.25) is 4.98 Å². The van der Waals surface area contributed by atoms with E-state index in [-0.39, 0.29) is 0 Å². The molecule has 1 aromatic carbocycles. The number of rotatable bonds is 5. The first-order valence-corrected chi connectivity index (χ1v) is 6.89. The molecule has 1 heterocycles. The van der Waals surface area contributed by atoms with Crippen molar-refractivity contribution in [2.45, 2.75) is 32.9 Å². The van der Waals surface area contributed by atoms with Gasteiger partial charge in [0.2, 0.25) is 0 Å². The fourth-order valence-electron chi connectivity index (χ4n) is 2.09. The molecule has 1 N–H and O–H groups in total. The summed E-state index contributed by atoms with van der Waals surface area (Å²) in [6, 6.07) is 10.9. The summed E-state index contributed by atoms with van der Waals surface area (Å²) in [5.41, 5.74) is 3.44. The Balaban J connectivity index is 2.21. The molecular formula is C15H19ClN2. The van der Waals surface area contributed by atoms with Crippen LogP contribution < -0.4 is 5.32 Å². The molecule has 1 unspecified atom stereocenters. The zero-order valence-corrected chi connectivity index (χ0v) is 11.7. The first-order valence-electron chi connectivity index (χ1n) is 6.35. The Bertz CT molecular complexity index is 525. The largest absolute Gasteiger partial charge is 0.310 e. The summed E-state index contributed by atoms with van der Waals surface area (Å²) in [5, 5.41) is 4.74. The molecule has 0 fully saturated rings. The molecule has 3 heteroatoms. The Morgan fingerprint density at radius 3 is 2.89 bits per heavy atom. The quantitative estimate of drug-likeness (QED) is 0.832. The average Bonchev–Trinajstić information content (AvgIpc) is 2.36. The summed E-state index contributed by atoms with van der Waals surface area (Å²) in [6.07, 6.45) is 0.990. The van der Waals surface area contributed by atoms with Crippen molar-refractivity contribution in [2.75, 3.05) is 5.88 Å². The lowest BCUT2D eigenvalue weighted by atomic mass is 10.1. The number of para-hydroxylation sites is 1. The number of halogens is 1. The number of pyridine rings is 1. The lowest BCUT2D eigenvalue weighted by molar-refractivity contribution is 0.537. The Hall–Kier alpha value is -1.12. The zero-order chi connectivity index (χ0) is 13.0. The van der Waals surface area contributed by atoms with Gasteiger partial charge in [0.15, 0.2) is 0 Å². The molecule has 0 aliphatic rings.